The van der Waals surface area contributed by atoms with Crippen molar-refractivity contribution >= 4 is 34.0 Å². The summed E-state index contributed by atoms with van der Waals surface area (Å²) in [7, 11) is 2.08. The Morgan fingerprint density at radius 3 is 2.88 bits per heavy atom. The fraction of sp³-hybridized carbons (Fsp3) is 0.400. The number of quaternary nitrogens is 1. The summed E-state index contributed by atoms with van der Waals surface area (Å²) in [6, 6.07) is 9.69. The third-order valence-electron chi connectivity index (χ3n) is 5.24. The van der Waals surface area contributed by atoms with Gasteiger partial charge < -0.3 is 14.8 Å². The molecule has 1 fully saturated rings. The number of amides is 1. The molecule has 0 saturated carbocycles. The fourth-order valence-electron chi connectivity index (χ4n) is 3.74. The van der Waals surface area contributed by atoms with Gasteiger partial charge >= 0.3 is 0 Å². The SMILES string of the molecule is Cn1c(CC[NH+]2CCCCC2)nc2cc(NC(=O)c3cccs3)ccc21. The number of anilines is 1. The minimum atomic E-state index is -0.0656. The van der Waals surface area contributed by atoms with Crippen LogP contribution in [0.5, 0.6) is 0 Å². The number of likely N-dealkylation sites (tertiary alicyclic amines) is 1. The Hall–Kier alpha value is -2.18. The molecule has 3 heterocycles. The normalized spacial score (nSPS) is 15.4. The Balaban J connectivity index is 1.48. The van der Waals surface area contributed by atoms with Gasteiger partial charge in [-0.2, -0.15) is 0 Å². The first-order valence-electron chi connectivity index (χ1n) is 9.34. The van der Waals surface area contributed by atoms with Crippen LogP contribution in [0.15, 0.2) is 35.7 Å². The van der Waals surface area contributed by atoms with Crippen molar-refractivity contribution in [2.45, 2.75) is 25.7 Å². The maximum atomic E-state index is 12.2. The molecule has 1 aromatic carbocycles. The molecule has 136 valence electrons. The number of nitrogens with one attached hydrogen (secondary N) is 2. The molecule has 1 aliphatic rings. The first kappa shape index (κ1) is 17.2. The number of piperidine rings is 1. The smallest absolute Gasteiger partial charge is 0.265 e. The van der Waals surface area contributed by atoms with E-state index in [4.69, 9.17) is 4.98 Å². The molecule has 0 radical (unpaired) electrons. The van der Waals surface area contributed by atoms with Crippen molar-refractivity contribution in [1.29, 1.82) is 0 Å². The number of hydrogen-bond donors (Lipinski definition) is 2. The van der Waals surface area contributed by atoms with Gasteiger partial charge in [0.25, 0.3) is 5.91 Å². The van der Waals surface area contributed by atoms with E-state index in [1.165, 1.54) is 43.7 Å². The van der Waals surface area contributed by atoms with Gasteiger partial charge in [-0.05, 0) is 48.9 Å². The second-order valence-electron chi connectivity index (χ2n) is 7.03. The number of benzene rings is 1. The van der Waals surface area contributed by atoms with E-state index in [9.17, 15) is 4.79 Å². The number of rotatable bonds is 5. The summed E-state index contributed by atoms with van der Waals surface area (Å²) in [4.78, 5) is 19.5. The van der Waals surface area contributed by atoms with Crippen LogP contribution < -0.4 is 10.2 Å². The van der Waals surface area contributed by atoms with Crippen LogP contribution in [0.3, 0.4) is 0 Å². The van der Waals surface area contributed by atoms with Crippen molar-refractivity contribution < 1.29 is 9.69 Å². The van der Waals surface area contributed by atoms with Gasteiger partial charge in [-0.15, -0.1) is 11.3 Å². The van der Waals surface area contributed by atoms with Gasteiger partial charge in [0.1, 0.15) is 5.82 Å². The monoisotopic (exact) mass is 369 g/mol. The lowest BCUT2D eigenvalue weighted by atomic mass is 10.1. The lowest BCUT2D eigenvalue weighted by Gasteiger charge is -2.23. The summed E-state index contributed by atoms with van der Waals surface area (Å²) in [6.07, 6.45) is 5.09. The molecular weight excluding hydrogens is 344 g/mol. The summed E-state index contributed by atoms with van der Waals surface area (Å²) in [5.74, 6) is 1.06. The predicted octanol–water partition coefficient (Wildman–Crippen LogP) is 2.50. The van der Waals surface area contributed by atoms with Crippen molar-refractivity contribution in [2.24, 2.45) is 7.05 Å². The first-order chi connectivity index (χ1) is 12.7. The number of nitrogens with zero attached hydrogens (tertiary/aromatic N) is 2. The minimum absolute atomic E-state index is 0.0656. The Kier molecular flexibility index (Phi) is 5.04. The summed E-state index contributed by atoms with van der Waals surface area (Å²) in [5.41, 5.74) is 2.85. The number of fused-ring (bicyclic) bond motifs is 1. The number of hydrogen-bond acceptors (Lipinski definition) is 3. The lowest BCUT2D eigenvalue weighted by Crippen LogP contribution is -3.13. The van der Waals surface area contributed by atoms with Crippen molar-refractivity contribution in [3.05, 3.63) is 46.4 Å². The number of carbonyl (C=O) groups is 1. The average Bonchev–Trinajstić information content (AvgIpc) is 3.30. The van der Waals surface area contributed by atoms with Crippen LogP contribution in [-0.2, 0) is 13.5 Å². The highest BCUT2D eigenvalue weighted by atomic mass is 32.1. The number of imidazole rings is 1. The third kappa shape index (κ3) is 3.66. The van der Waals surface area contributed by atoms with Crippen molar-refractivity contribution in [1.82, 2.24) is 9.55 Å². The summed E-state index contributed by atoms with van der Waals surface area (Å²) in [5, 5.41) is 4.88. The topological polar surface area (TPSA) is 51.4 Å². The molecule has 1 saturated heterocycles. The Bertz CT molecular complexity index is 894. The molecule has 3 aromatic rings. The quantitative estimate of drug-likeness (QED) is 0.726. The van der Waals surface area contributed by atoms with E-state index in [1.807, 2.05) is 35.7 Å². The molecular formula is C20H25N4OS+. The van der Waals surface area contributed by atoms with Gasteiger partial charge in [-0.1, -0.05) is 6.07 Å². The van der Waals surface area contributed by atoms with Gasteiger partial charge in [0.2, 0.25) is 0 Å². The maximum absolute atomic E-state index is 12.2. The van der Waals surface area contributed by atoms with Crippen LogP contribution >= 0.6 is 11.3 Å². The van der Waals surface area contributed by atoms with Gasteiger partial charge in [0.05, 0.1) is 42.0 Å². The lowest BCUT2D eigenvalue weighted by molar-refractivity contribution is -0.904. The van der Waals surface area contributed by atoms with E-state index in [0.29, 0.717) is 0 Å². The van der Waals surface area contributed by atoms with Crippen LogP contribution in [-0.4, -0.2) is 35.1 Å². The first-order valence-corrected chi connectivity index (χ1v) is 10.2. The molecule has 5 nitrogen and oxygen atoms in total. The van der Waals surface area contributed by atoms with Crippen molar-refractivity contribution in [2.75, 3.05) is 25.0 Å². The Morgan fingerprint density at radius 1 is 1.27 bits per heavy atom. The largest absolute Gasteiger partial charge is 0.335 e. The molecule has 1 aliphatic heterocycles. The highest BCUT2D eigenvalue weighted by Crippen LogP contribution is 2.21. The molecule has 0 unspecified atom stereocenters. The van der Waals surface area contributed by atoms with E-state index in [-0.39, 0.29) is 5.91 Å². The second kappa shape index (κ2) is 7.60. The predicted molar refractivity (Wildman–Crippen MR) is 106 cm³/mol. The van der Waals surface area contributed by atoms with E-state index in [1.54, 1.807) is 4.90 Å². The zero-order chi connectivity index (χ0) is 17.9. The van der Waals surface area contributed by atoms with Gasteiger partial charge in [-0.25, -0.2) is 4.98 Å². The molecule has 2 N–H and O–H groups in total. The van der Waals surface area contributed by atoms with Crippen LogP contribution in [0.25, 0.3) is 11.0 Å². The minimum Gasteiger partial charge on any atom is -0.335 e. The molecule has 4 rings (SSSR count). The average molecular weight is 370 g/mol. The zero-order valence-electron chi connectivity index (χ0n) is 15.1. The van der Waals surface area contributed by atoms with Crippen LogP contribution in [0.2, 0.25) is 0 Å². The summed E-state index contributed by atoms with van der Waals surface area (Å²) >= 11 is 1.45. The molecule has 26 heavy (non-hydrogen) atoms. The van der Waals surface area contributed by atoms with E-state index in [2.05, 4.69) is 16.9 Å². The van der Waals surface area contributed by atoms with Crippen molar-refractivity contribution in [3.63, 3.8) is 0 Å². The molecule has 0 spiro atoms. The zero-order valence-corrected chi connectivity index (χ0v) is 15.9. The fourth-order valence-corrected chi connectivity index (χ4v) is 4.36. The van der Waals surface area contributed by atoms with Crippen LogP contribution in [0, 0.1) is 0 Å². The van der Waals surface area contributed by atoms with Gasteiger partial charge in [-0.3, -0.25) is 4.79 Å². The highest BCUT2D eigenvalue weighted by molar-refractivity contribution is 7.12. The van der Waals surface area contributed by atoms with Gasteiger partial charge in [0, 0.05) is 12.7 Å². The molecule has 0 aliphatic carbocycles. The number of aryl methyl sites for hydroxylation is 1. The van der Waals surface area contributed by atoms with E-state index >= 15 is 0 Å². The highest BCUT2D eigenvalue weighted by Gasteiger charge is 2.16. The molecule has 6 heteroatoms. The molecule has 0 bridgehead atoms. The van der Waals surface area contributed by atoms with Gasteiger partial charge in [0.15, 0.2) is 0 Å². The maximum Gasteiger partial charge on any atom is 0.265 e. The number of thiophene rings is 1. The second-order valence-corrected chi connectivity index (χ2v) is 7.98. The third-order valence-corrected chi connectivity index (χ3v) is 6.11. The number of carbonyl (C=O) groups excluding carboxylic acids is 1. The van der Waals surface area contributed by atoms with Crippen LogP contribution in [0.4, 0.5) is 5.69 Å². The van der Waals surface area contributed by atoms with E-state index < -0.39 is 0 Å². The summed E-state index contributed by atoms with van der Waals surface area (Å²) in [6.45, 7) is 3.74. The van der Waals surface area contributed by atoms with Crippen LogP contribution in [0.1, 0.15) is 34.8 Å². The number of aromatic nitrogens is 2. The van der Waals surface area contributed by atoms with E-state index in [0.717, 1.165) is 40.4 Å². The summed E-state index contributed by atoms with van der Waals surface area (Å²) < 4.78 is 2.18. The standard InChI is InChI=1S/C20H24N4OS/c1-23-17-8-7-15(21-20(25)18-6-5-13-26-18)14-16(17)22-19(23)9-12-24-10-3-2-4-11-24/h5-8,13-14H,2-4,9-12H2,1H3,(H,21,25)/p+1. The Morgan fingerprint density at radius 2 is 2.12 bits per heavy atom. The Labute approximate surface area is 157 Å². The molecule has 2 aromatic heterocycles. The molecule has 1 amide bonds. The molecule has 0 atom stereocenters. The van der Waals surface area contributed by atoms with Crippen molar-refractivity contribution in [3.8, 4) is 0 Å².